The molecule has 0 atom stereocenters. The Morgan fingerprint density at radius 2 is 0.878 bits per heavy atom. The normalized spacial score (nSPS) is 12.3. The van der Waals surface area contributed by atoms with Crippen LogP contribution in [0, 0.1) is 0 Å². The number of carboxylic acid groups (broad SMARTS) is 4. The fourth-order valence-corrected chi connectivity index (χ4v) is 2.65. The summed E-state index contributed by atoms with van der Waals surface area (Å²) >= 11 is 0. The van der Waals surface area contributed by atoms with E-state index >= 15 is 0 Å². The van der Waals surface area contributed by atoms with E-state index in [-0.39, 0.29) is 24.3 Å². The zero-order valence-electron chi connectivity index (χ0n) is 26.0. The van der Waals surface area contributed by atoms with Crippen molar-refractivity contribution in [2.45, 2.75) is 100 Å². The second-order valence-electron chi connectivity index (χ2n) is 8.27. The Bertz CT molecular complexity index is 698. The topological polar surface area (TPSA) is 219 Å². The summed E-state index contributed by atoms with van der Waals surface area (Å²) in [6.45, 7) is 16.2. The summed E-state index contributed by atoms with van der Waals surface area (Å²) < 4.78 is 0. The first-order valence-corrected chi connectivity index (χ1v) is 13.6. The van der Waals surface area contributed by atoms with Crippen molar-refractivity contribution in [3.63, 3.8) is 0 Å². The molecule has 0 aromatic rings. The molecule has 5 N–H and O–H groups in total. The van der Waals surface area contributed by atoms with Crippen molar-refractivity contribution in [3.8, 4) is 0 Å². The van der Waals surface area contributed by atoms with Crippen molar-refractivity contribution in [2.75, 3.05) is 32.7 Å². The summed E-state index contributed by atoms with van der Waals surface area (Å²) in [6.07, 6.45) is 7.09. The van der Waals surface area contributed by atoms with Crippen LogP contribution in [0.2, 0.25) is 0 Å². The van der Waals surface area contributed by atoms with E-state index in [1.165, 1.54) is 39.0 Å². The lowest BCUT2D eigenvalue weighted by Crippen LogP contribution is -2.33. The van der Waals surface area contributed by atoms with Gasteiger partial charge in [0.25, 0.3) is 11.9 Å². The first-order valence-electron chi connectivity index (χ1n) is 13.6. The number of carboxylic acids is 4. The second kappa shape index (κ2) is 34.3. The minimum Gasteiger partial charge on any atom is -0.481 e. The number of hydrogen-bond donors (Lipinski definition) is 5. The van der Waals surface area contributed by atoms with E-state index in [2.05, 4.69) is 5.32 Å². The van der Waals surface area contributed by atoms with E-state index in [0.717, 1.165) is 46.4 Å². The maximum atomic E-state index is 10.7. The van der Waals surface area contributed by atoms with Gasteiger partial charge in [-0.1, -0.05) is 20.8 Å². The molecule has 0 aliphatic carbocycles. The van der Waals surface area contributed by atoms with Crippen LogP contribution in [-0.2, 0) is 33.6 Å². The van der Waals surface area contributed by atoms with E-state index in [0.29, 0.717) is 6.42 Å². The van der Waals surface area contributed by atoms with Gasteiger partial charge in [-0.05, 0) is 38.5 Å². The van der Waals surface area contributed by atoms with Crippen LogP contribution in [0.15, 0.2) is 0 Å². The molecule has 0 radical (unpaired) electrons. The van der Waals surface area contributed by atoms with Crippen LogP contribution < -0.4 is 5.32 Å². The molecule has 3 amide bonds. The van der Waals surface area contributed by atoms with Gasteiger partial charge < -0.3 is 35.5 Å². The number of nitrogens with zero attached hydrogens (tertiary/aromatic N) is 2. The lowest BCUT2D eigenvalue weighted by molar-refractivity contribution is -0.138. The third-order valence-electron chi connectivity index (χ3n) is 4.31. The number of amides is 3. The summed E-state index contributed by atoms with van der Waals surface area (Å²) in [4.78, 5) is 72.4. The number of hydrogen-bond acceptors (Lipinski definition) is 7. The Balaban J connectivity index is -0.000000128. The zero-order chi connectivity index (χ0) is 33.4. The van der Waals surface area contributed by atoms with E-state index in [9.17, 15) is 24.0 Å². The maximum Gasteiger partial charge on any atom is 0.322 e. The highest BCUT2D eigenvalue weighted by Crippen LogP contribution is 2.07. The lowest BCUT2D eigenvalue weighted by Gasteiger charge is -2.24. The molecule has 14 nitrogen and oxygen atoms in total. The molecule has 2 aliphatic rings. The van der Waals surface area contributed by atoms with Crippen LogP contribution >= 0.6 is 0 Å². The molecular formula is C27H53N3O11. The van der Waals surface area contributed by atoms with Gasteiger partial charge in [0.15, 0.2) is 0 Å². The molecule has 2 rings (SSSR count). The molecule has 2 saturated heterocycles. The number of rotatable bonds is 4. The van der Waals surface area contributed by atoms with Crippen molar-refractivity contribution < 1.29 is 54.0 Å². The molecule has 2 fully saturated rings. The highest BCUT2D eigenvalue weighted by molar-refractivity contribution is 5.79. The summed E-state index contributed by atoms with van der Waals surface area (Å²) in [5, 5.41) is 32.8. The number of likely N-dealkylation sites (tertiary alicyclic amines) is 2. The standard InChI is InChI=1S/C7H13NO.C6H11NO.C4H7NO3.C4H8O2.2C2H4O2.C2H6/c1-7(9)8-5-3-2-4-6-8;1-6(8)7-4-2-3-5-7;1-3(6)5-2-4(7)8;1-2-3-4(5)6;2*1-2(3)4;1-2/h2-6H2,1H3;2-5H2,1H3;2H2,1H3,(H,5,6)(H,7,8);2-3H2,1H3,(H,5,6);2*1H3,(H,3,4);1-2H3. The molecule has 0 spiro atoms. The molecule has 14 heteroatoms. The van der Waals surface area contributed by atoms with Crippen LogP contribution in [-0.4, -0.2) is 105 Å². The van der Waals surface area contributed by atoms with Gasteiger partial charge >= 0.3 is 11.9 Å². The van der Waals surface area contributed by atoms with Gasteiger partial charge in [-0.25, -0.2) is 0 Å². The summed E-state index contributed by atoms with van der Waals surface area (Å²) in [7, 11) is 0. The van der Waals surface area contributed by atoms with Crippen LogP contribution in [0.25, 0.3) is 0 Å². The second-order valence-corrected chi connectivity index (χ2v) is 8.27. The van der Waals surface area contributed by atoms with E-state index in [1.807, 2.05) is 30.6 Å². The first-order chi connectivity index (χ1) is 19.0. The number of aliphatic carboxylic acids is 4. The summed E-state index contributed by atoms with van der Waals surface area (Å²) in [5.41, 5.74) is 0. The molecule has 41 heavy (non-hydrogen) atoms. The van der Waals surface area contributed by atoms with Crippen molar-refractivity contribution in [2.24, 2.45) is 0 Å². The van der Waals surface area contributed by atoms with Crippen molar-refractivity contribution in [3.05, 3.63) is 0 Å². The highest BCUT2D eigenvalue weighted by Gasteiger charge is 2.12. The van der Waals surface area contributed by atoms with E-state index < -0.39 is 23.9 Å². The number of carbonyl (C=O) groups is 7. The fraction of sp³-hybridized carbons (Fsp3) is 0.741. The van der Waals surface area contributed by atoms with Gasteiger partial charge in [-0.2, -0.15) is 0 Å². The quantitative estimate of drug-likeness (QED) is 0.318. The van der Waals surface area contributed by atoms with Gasteiger partial charge in [0.05, 0.1) is 0 Å². The molecule has 0 aromatic carbocycles. The third-order valence-corrected chi connectivity index (χ3v) is 4.31. The third kappa shape index (κ3) is 57.3. The number of piperidine rings is 1. The van der Waals surface area contributed by atoms with Crippen LogP contribution in [0.3, 0.4) is 0 Å². The molecule has 0 aromatic heterocycles. The Labute approximate surface area is 244 Å². The monoisotopic (exact) mass is 595 g/mol. The predicted octanol–water partition coefficient (Wildman–Crippen LogP) is 2.93. The molecular weight excluding hydrogens is 542 g/mol. The van der Waals surface area contributed by atoms with Gasteiger partial charge in [0.1, 0.15) is 6.54 Å². The van der Waals surface area contributed by atoms with Crippen molar-refractivity contribution in [1.29, 1.82) is 0 Å². The Kier molecular flexibility index (Phi) is 39.4. The van der Waals surface area contributed by atoms with Crippen LogP contribution in [0.5, 0.6) is 0 Å². The van der Waals surface area contributed by atoms with Crippen molar-refractivity contribution in [1.82, 2.24) is 15.1 Å². The largest absolute Gasteiger partial charge is 0.481 e. The molecule has 0 saturated carbocycles. The lowest BCUT2D eigenvalue weighted by atomic mass is 10.1. The number of nitrogens with one attached hydrogen (secondary N) is 1. The fourth-order valence-electron chi connectivity index (χ4n) is 2.65. The minimum atomic E-state index is -1.03. The maximum absolute atomic E-state index is 10.7. The van der Waals surface area contributed by atoms with Gasteiger partial charge in [0.2, 0.25) is 17.7 Å². The summed E-state index contributed by atoms with van der Waals surface area (Å²) in [5.74, 6) is -3.28. The Hall–Kier alpha value is -3.71. The average Bonchev–Trinajstić information content (AvgIpc) is 3.41. The molecule has 0 bridgehead atoms. The van der Waals surface area contributed by atoms with E-state index in [1.54, 1.807) is 13.8 Å². The molecule has 2 heterocycles. The van der Waals surface area contributed by atoms with Crippen LogP contribution in [0.1, 0.15) is 100 Å². The van der Waals surface area contributed by atoms with Crippen LogP contribution in [0.4, 0.5) is 0 Å². The van der Waals surface area contributed by atoms with Gasteiger partial charge in [0, 0.05) is 67.2 Å². The SMILES string of the molecule is CC.CC(=O)N1CCCC1.CC(=O)N1CCCCC1.CC(=O)NCC(=O)O.CC(=O)O.CC(=O)O.CCCC(=O)O. The molecule has 2 aliphatic heterocycles. The summed E-state index contributed by atoms with van der Waals surface area (Å²) in [6, 6.07) is 0. The van der Waals surface area contributed by atoms with Gasteiger partial charge in [-0.15, -0.1) is 0 Å². The smallest absolute Gasteiger partial charge is 0.322 e. The first kappa shape index (κ1) is 47.1. The average molecular weight is 596 g/mol. The van der Waals surface area contributed by atoms with Crippen molar-refractivity contribution >= 4 is 41.6 Å². The Morgan fingerprint density at radius 3 is 1.00 bits per heavy atom. The Morgan fingerprint density at radius 1 is 0.585 bits per heavy atom. The van der Waals surface area contributed by atoms with Gasteiger partial charge in [-0.3, -0.25) is 33.6 Å². The molecule has 242 valence electrons. The molecule has 0 unspecified atom stereocenters. The number of carbonyl (C=O) groups excluding carboxylic acids is 3. The predicted molar refractivity (Wildman–Crippen MR) is 154 cm³/mol. The highest BCUT2D eigenvalue weighted by atomic mass is 16.4. The minimum absolute atomic E-state index is 0.225. The van der Waals surface area contributed by atoms with E-state index in [4.69, 9.17) is 30.0 Å². The zero-order valence-corrected chi connectivity index (χ0v) is 26.0.